The highest BCUT2D eigenvalue weighted by Gasteiger charge is 2.25. The highest BCUT2D eigenvalue weighted by atomic mass is 15.2. The van der Waals surface area contributed by atoms with Gasteiger partial charge in [-0.2, -0.15) is 0 Å². The van der Waals surface area contributed by atoms with Gasteiger partial charge in [0.2, 0.25) is 0 Å². The summed E-state index contributed by atoms with van der Waals surface area (Å²) in [5, 5.41) is 0. The molecule has 1 aliphatic rings. The molecule has 0 saturated carbocycles. The predicted molar refractivity (Wildman–Crippen MR) is 72.2 cm³/mol. The monoisotopic (exact) mass is 232 g/mol. The van der Waals surface area contributed by atoms with Crippen LogP contribution in [0.4, 0.5) is 0 Å². The number of hydrogen-bond acceptors (Lipinski definition) is 2. The Hall–Kier alpha value is -0.890. The third-order valence-electron chi connectivity index (χ3n) is 3.85. The number of likely N-dealkylation sites (tertiary alicyclic amines) is 1. The second-order valence-electron chi connectivity index (χ2n) is 6.07. The highest BCUT2D eigenvalue weighted by molar-refractivity contribution is 5.16. The number of nitrogens with zero attached hydrogens (tertiary/aromatic N) is 2. The van der Waals surface area contributed by atoms with Crippen LogP contribution in [0.25, 0.3) is 0 Å². The summed E-state index contributed by atoms with van der Waals surface area (Å²) in [5.74, 6) is 0.727. The summed E-state index contributed by atoms with van der Waals surface area (Å²) < 4.78 is 0. The molecular formula is C15H24N2. The molecule has 1 aromatic rings. The Morgan fingerprint density at radius 3 is 2.47 bits per heavy atom. The van der Waals surface area contributed by atoms with Gasteiger partial charge in [0, 0.05) is 17.9 Å². The van der Waals surface area contributed by atoms with Crippen molar-refractivity contribution in [3.8, 4) is 0 Å². The Bertz CT molecular complexity index is 340. The smallest absolute Gasteiger partial charge is 0.0270 e. The Kier molecular flexibility index (Phi) is 3.82. The largest absolute Gasteiger partial charge is 0.298 e. The number of rotatable bonds is 1. The summed E-state index contributed by atoms with van der Waals surface area (Å²) in [5.41, 5.74) is 1.78. The minimum absolute atomic E-state index is 0.313. The maximum Gasteiger partial charge on any atom is 0.0270 e. The Morgan fingerprint density at radius 1 is 1.12 bits per heavy atom. The first-order chi connectivity index (χ1) is 8.07. The zero-order valence-electron chi connectivity index (χ0n) is 11.3. The van der Waals surface area contributed by atoms with E-state index in [1.54, 1.807) is 0 Å². The molecule has 0 aliphatic carbocycles. The van der Waals surface area contributed by atoms with Crippen molar-refractivity contribution in [3.05, 3.63) is 30.1 Å². The number of pyridine rings is 1. The van der Waals surface area contributed by atoms with Crippen LogP contribution in [-0.4, -0.2) is 28.5 Å². The van der Waals surface area contributed by atoms with Crippen LogP contribution in [0.15, 0.2) is 24.5 Å². The van der Waals surface area contributed by atoms with Crippen molar-refractivity contribution in [1.82, 2.24) is 9.88 Å². The molecule has 2 nitrogen and oxygen atoms in total. The SMILES string of the molecule is CC(C)(C)N1CCCC(c2ccncc2)CC1. The zero-order chi connectivity index (χ0) is 12.3. The van der Waals surface area contributed by atoms with E-state index in [9.17, 15) is 0 Å². The van der Waals surface area contributed by atoms with Gasteiger partial charge in [-0.15, -0.1) is 0 Å². The van der Waals surface area contributed by atoms with Crippen molar-refractivity contribution in [2.24, 2.45) is 0 Å². The van der Waals surface area contributed by atoms with E-state index in [4.69, 9.17) is 0 Å². The van der Waals surface area contributed by atoms with Crippen LogP contribution >= 0.6 is 0 Å². The Balaban J connectivity index is 2.01. The average molecular weight is 232 g/mol. The minimum Gasteiger partial charge on any atom is -0.298 e. The summed E-state index contributed by atoms with van der Waals surface area (Å²) >= 11 is 0. The first-order valence-electron chi connectivity index (χ1n) is 6.72. The lowest BCUT2D eigenvalue weighted by Gasteiger charge is -2.34. The summed E-state index contributed by atoms with van der Waals surface area (Å²) in [4.78, 5) is 6.73. The van der Waals surface area contributed by atoms with Crippen LogP contribution in [-0.2, 0) is 0 Å². The molecular weight excluding hydrogens is 208 g/mol. The highest BCUT2D eigenvalue weighted by Crippen LogP contribution is 2.29. The van der Waals surface area contributed by atoms with Gasteiger partial charge in [0.15, 0.2) is 0 Å². The summed E-state index contributed by atoms with van der Waals surface area (Å²) in [6.45, 7) is 9.42. The molecule has 0 aromatic carbocycles. The fraction of sp³-hybridized carbons (Fsp3) is 0.667. The van der Waals surface area contributed by atoms with E-state index in [2.05, 4.69) is 42.8 Å². The molecule has 1 fully saturated rings. The van der Waals surface area contributed by atoms with Crippen molar-refractivity contribution < 1.29 is 0 Å². The van der Waals surface area contributed by atoms with Gasteiger partial charge >= 0.3 is 0 Å². The van der Waals surface area contributed by atoms with E-state index in [-0.39, 0.29) is 0 Å². The summed E-state index contributed by atoms with van der Waals surface area (Å²) in [6, 6.07) is 4.36. The minimum atomic E-state index is 0.313. The van der Waals surface area contributed by atoms with Gasteiger partial charge in [0.1, 0.15) is 0 Å². The molecule has 17 heavy (non-hydrogen) atoms. The average Bonchev–Trinajstić information content (AvgIpc) is 2.55. The fourth-order valence-corrected chi connectivity index (χ4v) is 2.74. The van der Waals surface area contributed by atoms with Gasteiger partial charge in [-0.25, -0.2) is 0 Å². The van der Waals surface area contributed by atoms with Crippen LogP contribution in [0.3, 0.4) is 0 Å². The second-order valence-corrected chi connectivity index (χ2v) is 6.07. The van der Waals surface area contributed by atoms with Crippen molar-refractivity contribution in [2.45, 2.75) is 51.5 Å². The molecule has 0 spiro atoms. The van der Waals surface area contributed by atoms with Crippen LogP contribution < -0.4 is 0 Å². The molecule has 1 saturated heterocycles. The third-order valence-corrected chi connectivity index (χ3v) is 3.85. The predicted octanol–water partition coefficient (Wildman–Crippen LogP) is 3.45. The van der Waals surface area contributed by atoms with Crippen LogP contribution in [0.2, 0.25) is 0 Å². The molecule has 0 bridgehead atoms. The van der Waals surface area contributed by atoms with E-state index in [1.165, 1.54) is 37.9 Å². The van der Waals surface area contributed by atoms with E-state index in [0.29, 0.717) is 5.54 Å². The molecule has 2 heterocycles. The summed E-state index contributed by atoms with van der Waals surface area (Å²) in [6.07, 6.45) is 7.74. The van der Waals surface area contributed by atoms with Gasteiger partial charge in [-0.1, -0.05) is 0 Å². The van der Waals surface area contributed by atoms with Gasteiger partial charge in [-0.3, -0.25) is 9.88 Å². The van der Waals surface area contributed by atoms with Crippen LogP contribution in [0.5, 0.6) is 0 Å². The maximum atomic E-state index is 4.11. The van der Waals surface area contributed by atoms with Crippen LogP contribution in [0, 0.1) is 0 Å². The molecule has 1 atom stereocenters. The molecule has 2 heteroatoms. The molecule has 94 valence electrons. The Morgan fingerprint density at radius 2 is 1.82 bits per heavy atom. The molecule has 1 aromatic heterocycles. The van der Waals surface area contributed by atoms with Gasteiger partial charge in [0.05, 0.1) is 0 Å². The lowest BCUT2D eigenvalue weighted by atomic mass is 9.93. The van der Waals surface area contributed by atoms with Crippen molar-refractivity contribution in [1.29, 1.82) is 0 Å². The standard InChI is InChI=1S/C15H24N2/c1-15(2,3)17-11-4-5-13(8-12-17)14-6-9-16-10-7-14/h6-7,9-10,13H,4-5,8,11-12H2,1-3H3. The van der Waals surface area contributed by atoms with E-state index < -0.39 is 0 Å². The van der Waals surface area contributed by atoms with E-state index in [1.807, 2.05) is 12.4 Å². The normalized spacial score (nSPS) is 23.4. The summed E-state index contributed by atoms with van der Waals surface area (Å²) in [7, 11) is 0. The number of hydrogen-bond donors (Lipinski definition) is 0. The topological polar surface area (TPSA) is 16.1 Å². The zero-order valence-corrected chi connectivity index (χ0v) is 11.3. The fourth-order valence-electron chi connectivity index (χ4n) is 2.74. The lowest BCUT2D eigenvalue weighted by Crippen LogP contribution is -2.41. The molecule has 0 amide bonds. The Labute approximate surface area is 105 Å². The van der Waals surface area contributed by atoms with Gasteiger partial charge < -0.3 is 0 Å². The molecule has 2 rings (SSSR count). The first kappa shape index (κ1) is 12.6. The van der Waals surface area contributed by atoms with E-state index in [0.717, 1.165) is 5.92 Å². The molecule has 1 aliphatic heterocycles. The van der Waals surface area contributed by atoms with E-state index >= 15 is 0 Å². The molecule has 1 unspecified atom stereocenters. The second kappa shape index (κ2) is 5.18. The van der Waals surface area contributed by atoms with Crippen molar-refractivity contribution >= 4 is 0 Å². The molecule has 0 N–H and O–H groups in total. The quantitative estimate of drug-likeness (QED) is 0.737. The lowest BCUT2D eigenvalue weighted by molar-refractivity contribution is 0.142. The van der Waals surface area contributed by atoms with Gasteiger partial charge in [0.25, 0.3) is 0 Å². The van der Waals surface area contributed by atoms with Gasteiger partial charge in [-0.05, 0) is 76.7 Å². The van der Waals surface area contributed by atoms with Crippen molar-refractivity contribution in [3.63, 3.8) is 0 Å². The van der Waals surface area contributed by atoms with Crippen molar-refractivity contribution in [2.75, 3.05) is 13.1 Å². The first-order valence-corrected chi connectivity index (χ1v) is 6.72. The van der Waals surface area contributed by atoms with Crippen LogP contribution in [0.1, 0.15) is 51.5 Å². The molecule has 0 radical (unpaired) electrons. The maximum absolute atomic E-state index is 4.11. The number of aromatic nitrogens is 1. The third kappa shape index (κ3) is 3.29.